The molecule has 4 nitrogen and oxygen atoms in total. The average molecular weight is 391 g/mol. The molecule has 2 amide bonds. The van der Waals surface area contributed by atoms with Crippen molar-refractivity contribution in [3.05, 3.63) is 70.4 Å². The van der Waals surface area contributed by atoms with Crippen LogP contribution in [0.15, 0.2) is 48.2 Å². The molecule has 0 saturated heterocycles. The average Bonchev–Trinajstić information content (AvgIpc) is 2.83. The fourth-order valence-corrected chi connectivity index (χ4v) is 2.95. The molecular formula is C20H17ClF2N2O2. The Morgan fingerprint density at radius 3 is 2.26 bits per heavy atom. The third-order valence-electron chi connectivity index (χ3n) is 4.04. The molecule has 1 heterocycles. The highest BCUT2D eigenvalue weighted by molar-refractivity contribution is 6.36. The molecule has 0 spiro atoms. The Hall–Kier alpha value is -2.73. The summed E-state index contributed by atoms with van der Waals surface area (Å²) in [6, 6.07) is 9.68. The minimum absolute atomic E-state index is 0.0222. The van der Waals surface area contributed by atoms with E-state index in [1.807, 2.05) is 13.8 Å². The van der Waals surface area contributed by atoms with Gasteiger partial charge in [0.05, 0.1) is 5.57 Å². The molecule has 27 heavy (non-hydrogen) atoms. The maximum absolute atomic E-state index is 13.5. The second-order valence-electron chi connectivity index (χ2n) is 6.63. The van der Waals surface area contributed by atoms with Gasteiger partial charge in [-0.25, -0.2) is 8.78 Å². The molecular weight excluding hydrogens is 374 g/mol. The van der Waals surface area contributed by atoms with E-state index in [4.69, 9.17) is 11.6 Å². The Kier molecular flexibility index (Phi) is 5.28. The Morgan fingerprint density at radius 1 is 1.00 bits per heavy atom. The van der Waals surface area contributed by atoms with Crippen molar-refractivity contribution in [3.8, 4) is 0 Å². The number of imide groups is 1. The van der Waals surface area contributed by atoms with Crippen molar-refractivity contribution in [2.75, 3.05) is 11.9 Å². The number of nitrogens with zero attached hydrogens (tertiary/aromatic N) is 1. The minimum Gasteiger partial charge on any atom is -0.350 e. The number of amides is 2. The predicted octanol–water partition coefficient (Wildman–Crippen LogP) is 4.47. The Morgan fingerprint density at radius 2 is 1.67 bits per heavy atom. The van der Waals surface area contributed by atoms with Gasteiger partial charge in [0.15, 0.2) is 11.6 Å². The van der Waals surface area contributed by atoms with Gasteiger partial charge in [-0.15, -0.1) is 0 Å². The van der Waals surface area contributed by atoms with Crippen molar-refractivity contribution in [1.29, 1.82) is 0 Å². The normalized spacial score (nSPS) is 14.5. The fraction of sp³-hybridized carbons (Fsp3) is 0.200. The van der Waals surface area contributed by atoms with E-state index < -0.39 is 23.4 Å². The van der Waals surface area contributed by atoms with E-state index in [-0.39, 0.29) is 29.4 Å². The molecule has 0 fully saturated rings. The number of benzene rings is 2. The SMILES string of the molecule is CC(C)CN1C(=O)C(Nc2ccc(F)c(F)c2)=C(c2ccc(Cl)cc2)C1=O. The molecule has 2 aromatic rings. The standard InChI is InChI=1S/C20H17ClF2N2O2/c1-11(2)10-25-19(26)17(12-3-5-13(21)6-4-12)18(20(25)27)24-14-7-8-15(22)16(23)9-14/h3-9,11,24H,10H2,1-2H3. The smallest absolute Gasteiger partial charge is 0.278 e. The van der Waals surface area contributed by atoms with Gasteiger partial charge in [0, 0.05) is 23.3 Å². The highest BCUT2D eigenvalue weighted by atomic mass is 35.5. The van der Waals surface area contributed by atoms with E-state index in [9.17, 15) is 18.4 Å². The molecule has 0 bridgehead atoms. The topological polar surface area (TPSA) is 49.4 Å². The number of carbonyl (C=O) groups is 2. The molecule has 1 aliphatic rings. The monoisotopic (exact) mass is 390 g/mol. The number of nitrogens with one attached hydrogen (secondary N) is 1. The van der Waals surface area contributed by atoms with Crippen LogP contribution in [0.5, 0.6) is 0 Å². The number of halogens is 3. The number of rotatable bonds is 5. The summed E-state index contributed by atoms with van der Waals surface area (Å²) in [6.45, 7) is 4.03. The summed E-state index contributed by atoms with van der Waals surface area (Å²) in [5.41, 5.74) is 0.869. The van der Waals surface area contributed by atoms with Crippen LogP contribution in [0.25, 0.3) is 5.57 Å². The van der Waals surface area contributed by atoms with Gasteiger partial charge in [-0.2, -0.15) is 0 Å². The van der Waals surface area contributed by atoms with Gasteiger partial charge in [0.2, 0.25) is 0 Å². The molecule has 3 rings (SSSR count). The van der Waals surface area contributed by atoms with Crippen LogP contribution < -0.4 is 5.32 Å². The molecule has 0 unspecified atom stereocenters. The van der Waals surface area contributed by atoms with Crippen LogP contribution in [0.4, 0.5) is 14.5 Å². The van der Waals surface area contributed by atoms with E-state index in [1.165, 1.54) is 6.07 Å². The zero-order chi connectivity index (χ0) is 19.7. The first-order valence-corrected chi connectivity index (χ1v) is 8.74. The van der Waals surface area contributed by atoms with Crippen molar-refractivity contribution < 1.29 is 18.4 Å². The van der Waals surface area contributed by atoms with E-state index in [2.05, 4.69) is 5.32 Å². The molecule has 0 saturated carbocycles. The number of carbonyl (C=O) groups excluding carboxylic acids is 2. The van der Waals surface area contributed by atoms with Gasteiger partial charge in [0.25, 0.3) is 11.8 Å². The number of hydrogen-bond acceptors (Lipinski definition) is 3. The van der Waals surface area contributed by atoms with Crippen molar-refractivity contribution in [2.24, 2.45) is 5.92 Å². The quantitative estimate of drug-likeness (QED) is 0.766. The Bertz CT molecular complexity index is 939. The fourth-order valence-electron chi connectivity index (χ4n) is 2.83. The van der Waals surface area contributed by atoms with Crippen molar-refractivity contribution in [2.45, 2.75) is 13.8 Å². The third kappa shape index (κ3) is 3.85. The van der Waals surface area contributed by atoms with Gasteiger partial charge >= 0.3 is 0 Å². The zero-order valence-corrected chi connectivity index (χ0v) is 15.5. The molecule has 2 aromatic carbocycles. The highest BCUT2D eigenvalue weighted by Gasteiger charge is 2.39. The lowest BCUT2D eigenvalue weighted by molar-refractivity contribution is -0.137. The number of hydrogen-bond donors (Lipinski definition) is 1. The summed E-state index contributed by atoms with van der Waals surface area (Å²) in [5, 5.41) is 3.27. The van der Waals surface area contributed by atoms with Gasteiger partial charge in [-0.05, 0) is 35.7 Å². The van der Waals surface area contributed by atoms with Gasteiger partial charge < -0.3 is 5.32 Å². The molecule has 0 aliphatic carbocycles. The van der Waals surface area contributed by atoms with E-state index in [0.29, 0.717) is 10.6 Å². The van der Waals surface area contributed by atoms with Gasteiger partial charge in [-0.1, -0.05) is 37.6 Å². The van der Waals surface area contributed by atoms with Crippen LogP contribution >= 0.6 is 11.6 Å². The first kappa shape index (κ1) is 19.0. The van der Waals surface area contributed by atoms with E-state index >= 15 is 0 Å². The highest BCUT2D eigenvalue weighted by Crippen LogP contribution is 2.31. The second-order valence-corrected chi connectivity index (χ2v) is 7.06. The van der Waals surface area contributed by atoms with Crippen LogP contribution in [0, 0.1) is 17.6 Å². The minimum atomic E-state index is -1.05. The Labute approximate surface area is 160 Å². The first-order valence-electron chi connectivity index (χ1n) is 8.36. The summed E-state index contributed by atoms with van der Waals surface area (Å²) >= 11 is 5.91. The molecule has 0 radical (unpaired) electrons. The lowest BCUT2D eigenvalue weighted by Gasteiger charge is -2.17. The van der Waals surface area contributed by atoms with E-state index in [1.54, 1.807) is 24.3 Å². The van der Waals surface area contributed by atoms with Crippen molar-refractivity contribution >= 4 is 34.7 Å². The summed E-state index contributed by atoms with van der Waals surface area (Å²) < 4.78 is 26.7. The first-order chi connectivity index (χ1) is 12.8. The predicted molar refractivity (Wildman–Crippen MR) is 99.9 cm³/mol. The summed E-state index contributed by atoms with van der Waals surface area (Å²) in [4.78, 5) is 26.9. The maximum Gasteiger partial charge on any atom is 0.278 e. The second kappa shape index (κ2) is 7.48. The van der Waals surface area contributed by atoms with E-state index in [0.717, 1.165) is 17.0 Å². The molecule has 0 atom stereocenters. The van der Waals surface area contributed by atoms with Gasteiger partial charge in [-0.3, -0.25) is 14.5 Å². The third-order valence-corrected chi connectivity index (χ3v) is 4.29. The van der Waals surface area contributed by atoms with Crippen LogP contribution in [0.1, 0.15) is 19.4 Å². The molecule has 0 aromatic heterocycles. The van der Waals surface area contributed by atoms with Crippen LogP contribution in [-0.4, -0.2) is 23.3 Å². The summed E-state index contributed by atoms with van der Waals surface area (Å²) in [7, 11) is 0. The largest absolute Gasteiger partial charge is 0.350 e. The maximum atomic E-state index is 13.5. The molecule has 140 valence electrons. The number of anilines is 1. The van der Waals surface area contributed by atoms with Crippen LogP contribution in [-0.2, 0) is 9.59 Å². The molecule has 7 heteroatoms. The van der Waals surface area contributed by atoms with Crippen LogP contribution in [0.3, 0.4) is 0 Å². The lowest BCUT2D eigenvalue weighted by atomic mass is 10.0. The van der Waals surface area contributed by atoms with Crippen LogP contribution in [0.2, 0.25) is 5.02 Å². The summed E-state index contributed by atoms with van der Waals surface area (Å²) in [6.07, 6.45) is 0. The molecule has 1 aliphatic heterocycles. The molecule has 1 N–H and O–H groups in total. The zero-order valence-electron chi connectivity index (χ0n) is 14.7. The Balaban J connectivity index is 2.06. The van der Waals surface area contributed by atoms with Crippen molar-refractivity contribution in [1.82, 2.24) is 4.90 Å². The summed E-state index contributed by atoms with van der Waals surface area (Å²) in [5.74, 6) is -2.93. The van der Waals surface area contributed by atoms with Gasteiger partial charge in [0.1, 0.15) is 5.70 Å². The van der Waals surface area contributed by atoms with Crippen molar-refractivity contribution in [3.63, 3.8) is 0 Å². The lowest BCUT2D eigenvalue weighted by Crippen LogP contribution is -2.35.